The highest BCUT2D eigenvalue weighted by atomic mass is 16.5. The topological polar surface area (TPSA) is 62.5 Å². The molecule has 1 heterocycles. The van der Waals surface area contributed by atoms with Crippen LogP contribution in [0, 0.1) is 13.8 Å². The first kappa shape index (κ1) is 21.0. The van der Waals surface area contributed by atoms with E-state index in [-0.39, 0.29) is 12.6 Å². The highest BCUT2D eigenvalue weighted by Gasteiger charge is 2.17. The Bertz CT molecular complexity index is 1080. The van der Waals surface area contributed by atoms with E-state index in [1.54, 1.807) is 55.3 Å². The van der Waals surface area contributed by atoms with Crippen LogP contribution in [0.25, 0.3) is 0 Å². The molecule has 6 nitrogen and oxygen atoms in total. The largest absolute Gasteiger partial charge is 0.401 e. The lowest BCUT2D eigenvalue weighted by molar-refractivity contribution is -0.727. The highest BCUT2D eigenvalue weighted by molar-refractivity contribution is 5.96. The molecule has 0 fully saturated rings. The minimum atomic E-state index is -0.444. The van der Waals surface area contributed by atoms with Gasteiger partial charge >= 0.3 is 5.97 Å². The fourth-order valence-electron chi connectivity index (χ4n) is 3.00. The number of esters is 1. The van der Waals surface area contributed by atoms with Crippen molar-refractivity contribution in [3.05, 3.63) is 89.2 Å². The number of rotatable bonds is 6. The molecule has 3 aromatic rings. The molecule has 0 saturated heterocycles. The zero-order chi connectivity index (χ0) is 21.7. The Morgan fingerprint density at radius 3 is 2.47 bits per heavy atom. The number of aryl methyl sites for hydroxylation is 1. The predicted molar refractivity (Wildman–Crippen MR) is 116 cm³/mol. The third-order valence-electron chi connectivity index (χ3n) is 4.88. The lowest BCUT2D eigenvalue weighted by Gasteiger charge is -2.14. The van der Waals surface area contributed by atoms with Crippen LogP contribution in [0.1, 0.15) is 31.8 Å². The van der Waals surface area contributed by atoms with Gasteiger partial charge in [0.1, 0.15) is 5.56 Å². The zero-order valence-corrected chi connectivity index (χ0v) is 17.7. The van der Waals surface area contributed by atoms with E-state index >= 15 is 0 Å². The van der Waals surface area contributed by atoms with E-state index in [1.165, 1.54) is 10.5 Å². The maximum Gasteiger partial charge on any atom is 0.345 e. The average molecular weight is 404 g/mol. The van der Waals surface area contributed by atoms with Crippen LogP contribution in [-0.2, 0) is 11.5 Å². The van der Waals surface area contributed by atoms with Gasteiger partial charge in [0.05, 0.1) is 11.3 Å². The molecule has 0 unspecified atom stereocenters. The number of hydrogen-bond donors (Lipinski definition) is 1. The van der Waals surface area contributed by atoms with Gasteiger partial charge in [-0.2, -0.15) is 4.57 Å². The van der Waals surface area contributed by atoms with Crippen LogP contribution in [-0.4, -0.2) is 30.9 Å². The molecular weight excluding hydrogens is 378 g/mol. The number of benzene rings is 2. The van der Waals surface area contributed by atoms with E-state index in [0.717, 1.165) is 11.3 Å². The van der Waals surface area contributed by atoms with Crippen LogP contribution >= 0.6 is 0 Å². The lowest BCUT2D eigenvalue weighted by atomic mass is 10.1. The van der Waals surface area contributed by atoms with Gasteiger partial charge in [0.15, 0.2) is 12.4 Å². The van der Waals surface area contributed by atoms with Crippen molar-refractivity contribution in [3.63, 3.8) is 0 Å². The third-order valence-corrected chi connectivity index (χ3v) is 4.88. The molecule has 0 saturated carbocycles. The maximum absolute atomic E-state index is 12.8. The van der Waals surface area contributed by atoms with Crippen molar-refractivity contribution in [2.24, 2.45) is 0 Å². The van der Waals surface area contributed by atoms with E-state index in [9.17, 15) is 9.59 Å². The van der Waals surface area contributed by atoms with Crippen LogP contribution in [0.2, 0.25) is 0 Å². The number of para-hydroxylation sites is 1. The van der Waals surface area contributed by atoms with E-state index < -0.39 is 5.97 Å². The molecule has 154 valence electrons. The Hall–Kier alpha value is -3.67. The van der Waals surface area contributed by atoms with Crippen LogP contribution in [0.4, 0.5) is 11.4 Å². The Morgan fingerprint density at radius 1 is 0.967 bits per heavy atom. The van der Waals surface area contributed by atoms with Crippen LogP contribution in [0.3, 0.4) is 0 Å². The summed E-state index contributed by atoms with van der Waals surface area (Å²) in [5.74, 6) is -0.556. The Labute approximate surface area is 176 Å². The maximum atomic E-state index is 12.8. The molecule has 30 heavy (non-hydrogen) atoms. The molecule has 0 atom stereocenters. The number of nitrogens with zero attached hydrogens (tertiary/aromatic N) is 2. The Kier molecular flexibility index (Phi) is 6.47. The number of nitrogens with one attached hydrogen (secondary N) is 1. The van der Waals surface area contributed by atoms with Crippen molar-refractivity contribution in [3.8, 4) is 0 Å². The van der Waals surface area contributed by atoms with Crippen molar-refractivity contribution >= 4 is 23.3 Å². The van der Waals surface area contributed by atoms with Gasteiger partial charge in [-0.1, -0.05) is 24.3 Å². The molecule has 0 aliphatic rings. The molecule has 2 aromatic carbocycles. The summed E-state index contributed by atoms with van der Waals surface area (Å²) in [6.07, 6.45) is 3.41. The summed E-state index contributed by atoms with van der Waals surface area (Å²) in [4.78, 5) is 26.4. The normalized spacial score (nSPS) is 10.4. The second-order valence-electron chi connectivity index (χ2n) is 7.29. The summed E-state index contributed by atoms with van der Waals surface area (Å²) >= 11 is 0. The van der Waals surface area contributed by atoms with Gasteiger partial charge in [-0.3, -0.25) is 4.79 Å². The summed E-state index contributed by atoms with van der Waals surface area (Å²) < 4.78 is 7.16. The molecule has 0 spiro atoms. The smallest absolute Gasteiger partial charge is 0.345 e. The SMILES string of the molecule is Cc1cccc(Nc2ccccc2C(=O)OC[n+]2cccc(C(=O)N(C)C)c2)c1C. The molecule has 0 aliphatic carbocycles. The van der Waals surface area contributed by atoms with E-state index in [0.29, 0.717) is 16.8 Å². The highest BCUT2D eigenvalue weighted by Crippen LogP contribution is 2.25. The second-order valence-corrected chi connectivity index (χ2v) is 7.29. The first-order valence-corrected chi connectivity index (χ1v) is 9.67. The van der Waals surface area contributed by atoms with Crippen LogP contribution < -0.4 is 9.88 Å². The number of ether oxygens (including phenoxy) is 1. The van der Waals surface area contributed by atoms with E-state index in [1.807, 2.05) is 44.2 Å². The van der Waals surface area contributed by atoms with Gasteiger partial charge in [0.2, 0.25) is 0 Å². The van der Waals surface area contributed by atoms with Gasteiger partial charge in [-0.25, -0.2) is 4.79 Å². The van der Waals surface area contributed by atoms with Gasteiger partial charge in [0.25, 0.3) is 12.6 Å². The molecule has 3 rings (SSSR count). The third kappa shape index (κ3) is 4.84. The standard InChI is InChI=1S/C24H25N3O3/c1-17-9-7-13-21(18(17)2)25-22-12-6-5-11-20(22)24(29)30-16-27-14-8-10-19(15-27)23(28)26(3)4/h5-15H,16H2,1-4H3/p+1. The number of anilines is 2. The van der Waals surface area contributed by atoms with E-state index in [4.69, 9.17) is 4.74 Å². The summed E-state index contributed by atoms with van der Waals surface area (Å²) in [5, 5.41) is 3.34. The van der Waals surface area contributed by atoms with Gasteiger partial charge < -0.3 is 15.0 Å². The van der Waals surface area contributed by atoms with Crippen LogP contribution in [0.15, 0.2) is 67.0 Å². The lowest BCUT2D eigenvalue weighted by Crippen LogP contribution is -2.37. The quantitative estimate of drug-likeness (QED) is 0.501. The molecule has 1 N–H and O–H groups in total. The van der Waals surface area contributed by atoms with Gasteiger partial charge in [-0.05, 0) is 49.2 Å². The summed E-state index contributed by atoms with van der Waals surface area (Å²) in [6, 6.07) is 16.7. The molecule has 0 radical (unpaired) electrons. The summed E-state index contributed by atoms with van der Waals surface area (Å²) in [7, 11) is 3.39. The predicted octanol–water partition coefficient (Wildman–Crippen LogP) is 3.85. The number of aromatic nitrogens is 1. The molecule has 1 amide bonds. The summed E-state index contributed by atoms with van der Waals surface area (Å²) in [6.45, 7) is 4.09. The molecule has 0 aliphatic heterocycles. The molecule has 6 heteroatoms. The average Bonchev–Trinajstić information content (AvgIpc) is 2.75. The first-order valence-electron chi connectivity index (χ1n) is 9.67. The van der Waals surface area contributed by atoms with E-state index in [2.05, 4.69) is 5.32 Å². The van der Waals surface area contributed by atoms with Gasteiger partial charge in [-0.15, -0.1) is 0 Å². The number of pyridine rings is 1. The number of amides is 1. The van der Waals surface area contributed by atoms with Gasteiger partial charge in [0, 0.05) is 25.8 Å². The molecule has 1 aromatic heterocycles. The fraction of sp³-hybridized carbons (Fsp3) is 0.208. The first-order chi connectivity index (χ1) is 14.4. The second kappa shape index (κ2) is 9.22. The van der Waals surface area contributed by atoms with Crippen LogP contribution in [0.5, 0.6) is 0 Å². The Morgan fingerprint density at radius 2 is 1.70 bits per heavy atom. The molecular formula is C24H26N3O3+. The number of carbonyl (C=O) groups is 2. The summed E-state index contributed by atoms with van der Waals surface area (Å²) in [5.41, 5.74) is 4.88. The van der Waals surface area contributed by atoms with Crippen molar-refractivity contribution < 1.29 is 18.9 Å². The minimum absolute atomic E-state index is 0.00515. The number of carbonyl (C=O) groups excluding carboxylic acids is 2. The minimum Gasteiger partial charge on any atom is -0.401 e. The van der Waals surface area contributed by atoms with Crippen molar-refractivity contribution in [1.82, 2.24) is 4.90 Å². The van der Waals surface area contributed by atoms with Crippen molar-refractivity contribution in [2.45, 2.75) is 20.6 Å². The van der Waals surface area contributed by atoms with Crippen molar-refractivity contribution in [2.75, 3.05) is 19.4 Å². The molecule has 0 bridgehead atoms. The van der Waals surface area contributed by atoms with Crippen molar-refractivity contribution in [1.29, 1.82) is 0 Å². The fourth-order valence-corrected chi connectivity index (χ4v) is 3.00. The number of hydrogen-bond acceptors (Lipinski definition) is 4. The Balaban J connectivity index is 1.75. The zero-order valence-electron chi connectivity index (χ0n) is 17.7. The monoisotopic (exact) mass is 404 g/mol.